The van der Waals surface area contributed by atoms with Gasteiger partial charge in [-0.1, -0.05) is 43.2 Å². The van der Waals surface area contributed by atoms with E-state index in [1.165, 1.54) is 18.4 Å². The number of hydrogen-bond acceptors (Lipinski definition) is 6. The maximum Gasteiger partial charge on any atom is 0.238 e. The van der Waals surface area contributed by atoms with E-state index in [9.17, 15) is 10.1 Å². The van der Waals surface area contributed by atoms with Crippen LogP contribution in [0.4, 0.5) is 11.6 Å². The monoisotopic (exact) mass is 463 g/mol. The van der Waals surface area contributed by atoms with Crippen molar-refractivity contribution >= 4 is 28.6 Å². The van der Waals surface area contributed by atoms with Crippen molar-refractivity contribution in [3.8, 4) is 6.07 Å². The number of rotatable bonds is 6. The van der Waals surface area contributed by atoms with Gasteiger partial charge >= 0.3 is 0 Å². The molecule has 0 spiro atoms. The second-order valence-electron chi connectivity index (χ2n) is 9.22. The van der Waals surface area contributed by atoms with Crippen LogP contribution in [0, 0.1) is 11.3 Å². The maximum absolute atomic E-state index is 13.1. The average molecular weight is 464 g/mol. The van der Waals surface area contributed by atoms with Crippen LogP contribution >= 0.6 is 0 Å². The van der Waals surface area contributed by atoms with E-state index in [-0.39, 0.29) is 5.91 Å². The van der Waals surface area contributed by atoms with Crippen molar-refractivity contribution in [2.24, 2.45) is 0 Å². The fourth-order valence-corrected chi connectivity index (χ4v) is 5.17. The summed E-state index contributed by atoms with van der Waals surface area (Å²) in [5, 5.41) is 21.3. The molecule has 1 fully saturated rings. The highest BCUT2D eigenvalue weighted by molar-refractivity contribution is 6.06. The van der Waals surface area contributed by atoms with Crippen LogP contribution in [0.15, 0.2) is 54.7 Å². The summed E-state index contributed by atoms with van der Waals surface area (Å²) < 4.78 is 2.00. The smallest absolute Gasteiger partial charge is 0.238 e. The lowest BCUT2D eigenvalue weighted by atomic mass is 9.94. The van der Waals surface area contributed by atoms with Gasteiger partial charge in [0.05, 0.1) is 28.8 Å². The van der Waals surface area contributed by atoms with E-state index < -0.39 is 5.92 Å². The minimum absolute atomic E-state index is 0.154. The van der Waals surface area contributed by atoms with Crippen LogP contribution in [-0.2, 0) is 11.2 Å². The van der Waals surface area contributed by atoms with Crippen molar-refractivity contribution in [3.05, 3.63) is 77.1 Å². The Morgan fingerprint density at radius 1 is 1.11 bits per heavy atom. The molecule has 2 aromatic heterocycles. The molecule has 0 radical (unpaired) electrons. The molecule has 1 atom stereocenters. The zero-order valence-corrected chi connectivity index (χ0v) is 19.2. The Balaban J connectivity index is 1.41. The summed E-state index contributed by atoms with van der Waals surface area (Å²) in [6, 6.07) is 18.0. The van der Waals surface area contributed by atoms with E-state index in [2.05, 4.69) is 28.8 Å². The quantitative estimate of drug-likeness (QED) is 0.434. The number of fused-ring (bicyclic) bond motifs is 2. The molecule has 2 N–H and O–H groups in total. The molecule has 0 saturated heterocycles. The van der Waals surface area contributed by atoms with E-state index in [0.29, 0.717) is 41.1 Å². The minimum Gasteiger partial charge on any atom is -0.354 e. The molecule has 1 aliphatic carbocycles. The zero-order valence-electron chi connectivity index (χ0n) is 19.2. The molecule has 0 bridgehead atoms. The van der Waals surface area contributed by atoms with E-state index in [0.717, 1.165) is 30.2 Å². The summed E-state index contributed by atoms with van der Waals surface area (Å²) in [7, 11) is 0. The molecular weight excluding hydrogens is 438 g/mol. The van der Waals surface area contributed by atoms with E-state index in [1.807, 2.05) is 29.1 Å². The van der Waals surface area contributed by atoms with Gasteiger partial charge in [0.15, 0.2) is 5.65 Å². The Morgan fingerprint density at radius 3 is 2.74 bits per heavy atom. The number of hydrogen-bond donors (Lipinski definition) is 2. The molecule has 1 saturated carbocycles. The molecule has 1 aliphatic heterocycles. The van der Waals surface area contributed by atoms with Gasteiger partial charge < -0.3 is 10.6 Å². The molecule has 2 aromatic carbocycles. The number of nitriles is 1. The first-order valence-corrected chi connectivity index (χ1v) is 12.1. The van der Waals surface area contributed by atoms with Gasteiger partial charge in [-0.15, -0.1) is 0 Å². The van der Waals surface area contributed by atoms with Crippen LogP contribution < -0.4 is 10.6 Å². The van der Waals surface area contributed by atoms with Crippen LogP contribution in [0.3, 0.4) is 0 Å². The molecule has 8 nitrogen and oxygen atoms in total. The topological polar surface area (TPSA) is 109 Å². The van der Waals surface area contributed by atoms with Gasteiger partial charge in [-0.3, -0.25) is 9.48 Å². The van der Waals surface area contributed by atoms with Gasteiger partial charge in [0.25, 0.3) is 0 Å². The molecule has 8 heteroatoms. The Kier molecular flexibility index (Phi) is 5.38. The first-order valence-electron chi connectivity index (χ1n) is 12.1. The lowest BCUT2D eigenvalue weighted by molar-refractivity contribution is -0.116. The van der Waals surface area contributed by atoms with Gasteiger partial charge in [-0.2, -0.15) is 15.3 Å². The van der Waals surface area contributed by atoms with Crippen molar-refractivity contribution in [1.82, 2.24) is 19.7 Å². The highest BCUT2D eigenvalue weighted by Gasteiger charge is 2.36. The molecular formula is C27H25N7O. The van der Waals surface area contributed by atoms with Crippen molar-refractivity contribution in [1.29, 1.82) is 5.26 Å². The first kappa shape index (κ1) is 21.3. The highest BCUT2D eigenvalue weighted by atomic mass is 16.2. The Hall–Kier alpha value is -4.25. The number of anilines is 2. The van der Waals surface area contributed by atoms with Crippen molar-refractivity contribution < 1.29 is 4.79 Å². The molecule has 4 aromatic rings. The summed E-state index contributed by atoms with van der Waals surface area (Å²) in [4.78, 5) is 22.7. The van der Waals surface area contributed by atoms with Crippen LogP contribution in [0.2, 0.25) is 0 Å². The van der Waals surface area contributed by atoms with E-state index in [1.54, 1.807) is 18.2 Å². The highest BCUT2D eigenvalue weighted by Crippen LogP contribution is 2.40. The summed E-state index contributed by atoms with van der Waals surface area (Å²) >= 11 is 0. The third-order valence-corrected chi connectivity index (χ3v) is 6.95. The molecule has 6 rings (SSSR count). The third kappa shape index (κ3) is 3.99. The second kappa shape index (κ2) is 8.84. The third-order valence-electron chi connectivity index (χ3n) is 6.95. The Labute approximate surface area is 203 Å². The Bertz CT molecular complexity index is 1450. The van der Waals surface area contributed by atoms with Crippen LogP contribution in [0.1, 0.15) is 60.0 Å². The minimum atomic E-state index is -0.625. The lowest BCUT2D eigenvalue weighted by Gasteiger charge is -2.12. The van der Waals surface area contributed by atoms with E-state index >= 15 is 0 Å². The molecule has 1 amide bonds. The molecule has 174 valence electrons. The summed E-state index contributed by atoms with van der Waals surface area (Å²) in [6.45, 7) is 0.657. The SMILES string of the molecule is N#Cc1ccc2c(c1)C(c1nc(NCCc3ccccc3)nc3nn(C4CCCC4)cc13)C(=O)N2. The Morgan fingerprint density at radius 2 is 1.94 bits per heavy atom. The summed E-state index contributed by atoms with van der Waals surface area (Å²) in [5.74, 6) is -0.323. The largest absolute Gasteiger partial charge is 0.354 e. The average Bonchev–Trinajstić information content (AvgIpc) is 3.62. The predicted octanol–water partition coefficient (Wildman–Crippen LogP) is 4.55. The van der Waals surface area contributed by atoms with Gasteiger partial charge in [-0.25, -0.2) is 4.98 Å². The van der Waals surface area contributed by atoms with Crippen LogP contribution in [0.5, 0.6) is 0 Å². The van der Waals surface area contributed by atoms with Crippen molar-refractivity contribution in [2.75, 3.05) is 17.2 Å². The maximum atomic E-state index is 13.1. The normalized spacial score (nSPS) is 17.3. The molecule has 2 aliphatic rings. The number of nitrogens with zero attached hydrogens (tertiary/aromatic N) is 5. The number of carbonyl (C=O) groups is 1. The number of aromatic nitrogens is 4. The van der Waals surface area contributed by atoms with Gasteiger partial charge in [0.2, 0.25) is 11.9 Å². The van der Waals surface area contributed by atoms with Crippen molar-refractivity contribution in [2.45, 2.75) is 44.1 Å². The van der Waals surface area contributed by atoms with Gasteiger partial charge in [-0.05, 0) is 48.6 Å². The zero-order chi connectivity index (χ0) is 23.8. The second-order valence-corrected chi connectivity index (χ2v) is 9.22. The van der Waals surface area contributed by atoms with Crippen LogP contribution in [0.25, 0.3) is 11.0 Å². The van der Waals surface area contributed by atoms with Gasteiger partial charge in [0.1, 0.15) is 5.92 Å². The number of amides is 1. The van der Waals surface area contributed by atoms with Crippen molar-refractivity contribution in [3.63, 3.8) is 0 Å². The number of nitrogens with one attached hydrogen (secondary N) is 2. The van der Waals surface area contributed by atoms with Crippen LogP contribution in [-0.4, -0.2) is 32.2 Å². The van der Waals surface area contributed by atoms with E-state index in [4.69, 9.17) is 15.1 Å². The first-order chi connectivity index (χ1) is 17.2. The lowest BCUT2D eigenvalue weighted by Crippen LogP contribution is -2.17. The number of carbonyl (C=O) groups excluding carboxylic acids is 1. The summed E-state index contributed by atoms with van der Waals surface area (Å²) in [6.07, 6.45) is 7.40. The fourth-order valence-electron chi connectivity index (χ4n) is 5.17. The predicted molar refractivity (Wildman–Crippen MR) is 133 cm³/mol. The molecule has 3 heterocycles. The number of benzene rings is 2. The molecule has 1 unspecified atom stereocenters. The van der Waals surface area contributed by atoms with Gasteiger partial charge in [0, 0.05) is 18.4 Å². The summed E-state index contributed by atoms with van der Waals surface area (Å²) in [5.41, 5.74) is 4.42. The molecule has 35 heavy (non-hydrogen) atoms. The fraction of sp³-hybridized carbons (Fsp3) is 0.296. The standard InChI is InChI=1S/C27H25N7O/c28-15-18-10-11-22-20(14-18)23(26(35)30-22)24-21-16-34(19-8-4-5-9-19)33-25(21)32-27(31-24)29-13-12-17-6-2-1-3-7-17/h1-3,6-7,10-11,14,16,19,23H,4-5,8-9,12-13H2,(H,30,35)(H,29,32,33).